The molecule has 0 unspecified atom stereocenters. The van der Waals surface area contributed by atoms with Gasteiger partial charge in [-0.15, -0.1) is 0 Å². The van der Waals surface area contributed by atoms with Crippen molar-refractivity contribution in [2.75, 3.05) is 13.2 Å². The van der Waals surface area contributed by atoms with Crippen LogP contribution in [0.1, 0.15) is 37.8 Å². The van der Waals surface area contributed by atoms with Crippen LogP contribution in [0, 0.1) is 5.82 Å². The molecular formula is C23H24FNO4S. The first-order chi connectivity index (χ1) is 14.5. The van der Waals surface area contributed by atoms with Gasteiger partial charge in [-0.3, -0.25) is 14.5 Å². The Morgan fingerprint density at radius 1 is 1.07 bits per heavy atom. The molecule has 0 spiro atoms. The maximum absolute atomic E-state index is 13.4. The normalized spacial score (nSPS) is 15.2. The highest BCUT2D eigenvalue weighted by Crippen LogP contribution is 2.35. The van der Waals surface area contributed by atoms with E-state index in [1.807, 2.05) is 13.8 Å². The predicted octanol–water partition coefficient (Wildman–Crippen LogP) is 5.64. The molecule has 0 bridgehead atoms. The largest absolute Gasteiger partial charge is 0.490 e. The molecule has 158 valence electrons. The van der Waals surface area contributed by atoms with Gasteiger partial charge in [-0.25, -0.2) is 4.39 Å². The van der Waals surface area contributed by atoms with Crippen molar-refractivity contribution in [3.8, 4) is 11.5 Å². The highest BCUT2D eigenvalue weighted by molar-refractivity contribution is 8.18. The fourth-order valence-electron chi connectivity index (χ4n) is 2.95. The van der Waals surface area contributed by atoms with Crippen LogP contribution in [-0.2, 0) is 11.4 Å². The fourth-order valence-corrected chi connectivity index (χ4v) is 3.82. The number of carbonyl (C=O) groups excluding carboxylic acids is 2. The first-order valence-corrected chi connectivity index (χ1v) is 10.7. The van der Waals surface area contributed by atoms with Gasteiger partial charge in [0.15, 0.2) is 11.5 Å². The van der Waals surface area contributed by atoms with Crippen molar-refractivity contribution < 1.29 is 23.5 Å². The Bertz CT molecular complexity index is 960. The Morgan fingerprint density at radius 3 is 2.63 bits per heavy atom. The van der Waals surface area contributed by atoms with Crippen molar-refractivity contribution in [3.63, 3.8) is 0 Å². The van der Waals surface area contributed by atoms with Crippen molar-refractivity contribution in [1.82, 2.24) is 4.90 Å². The number of nitrogens with zero attached hydrogens (tertiary/aromatic N) is 1. The minimum absolute atomic E-state index is 0.202. The third kappa shape index (κ3) is 5.42. The van der Waals surface area contributed by atoms with Crippen LogP contribution in [0.4, 0.5) is 9.18 Å². The Hall–Kier alpha value is -2.80. The molecule has 1 aliphatic rings. The molecule has 0 saturated carbocycles. The molecule has 1 heterocycles. The van der Waals surface area contributed by atoms with E-state index < -0.39 is 0 Å². The number of thioether (sulfide) groups is 1. The number of unbranched alkanes of at least 4 members (excludes halogenated alkanes) is 1. The quantitative estimate of drug-likeness (QED) is 0.483. The van der Waals surface area contributed by atoms with Crippen LogP contribution in [0.5, 0.6) is 11.5 Å². The number of hydrogen-bond donors (Lipinski definition) is 0. The minimum atomic E-state index is -0.315. The number of carbonyl (C=O) groups is 2. The summed E-state index contributed by atoms with van der Waals surface area (Å²) < 4.78 is 24.8. The molecule has 2 amide bonds. The van der Waals surface area contributed by atoms with Gasteiger partial charge in [0.2, 0.25) is 0 Å². The van der Waals surface area contributed by atoms with E-state index >= 15 is 0 Å². The Balaban J connectivity index is 1.76. The Morgan fingerprint density at radius 2 is 1.90 bits per heavy atom. The zero-order valence-corrected chi connectivity index (χ0v) is 17.8. The fraction of sp³-hybridized carbons (Fsp3) is 0.304. The molecule has 0 N–H and O–H groups in total. The highest BCUT2D eigenvalue weighted by Gasteiger charge is 2.34. The van der Waals surface area contributed by atoms with Crippen molar-refractivity contribution in [2.24, 2.45) is 0 Å². The van der Waals surface area contributed by atoms with E-state index in [0.29, 0.717) is 35.1 Å². The SMILES string of the molecule is CCCCN1C(=O)S/C(=C\c2ccc(OCc3cccc(F)c3)c(OCC)c2)C1=O. The lowest BCUT2D eigenvalue weighted by atomic mass is 10.1. The molecule has 5 nitrogen and oxygen atoms in total. The molecule has 30 heavy (non-hydrogen) atoms. The van der Waals surface area contributed by atoms with E-state index in [2.05, 4.69) is 0 Å². The van der Waals surface area contributed by atoms with Crippen LogP contribution < -0.4 is 9.47 Å². The third-order valence-electron chi connectivity index (χ3n) is 4.46. The predicted molar refractivity (Wildman–Crippen MR) is 116 cm³/mol. The second-order valence-electron chi connectivity index (χ2n) is 6.74. The maximum Gasteiger partial charge on any atom is 0.293 e. The minimum Gasteiger partial charge on any atom is -0.490 e. The van der Waals surface area contributed by atoms with Gasteiger partial charge in [0.1, 0.15) is 12.4 Å². The molecule has 1 fully saturated rings. The average molecular weight is 430 g/mol. The number of ether oxygens (including phenoxy) is 2. The van der Waals surface area contributed by atoms with Gasteiger partial charge < -0.3 is 9.47 Å². The van der Waals surface area contributed by atoms with Crippen molar-refractivity contribution in [1.29, 1.82) is 0 Å². The van der Waals surface area contributed by atoms with Crippen LogP contribution in [0.15, 0.2) is 47.4 Å². The lowest BCUT2D eigenvalue weighted by Gasteiger charge is -2.13. The molecular weight excluding hydrogens is 405 g/mol. The molecule has 2 aromatic rings. The summed E-state index contributed by atoms with van der Waals surface area (Å²) in [6.45, 7) is 4.96. The summed E-state index contributed by atoms with van der Waals surface area (Å²) >= 11 is 0.950. The summed E-state index contributed by atoms with van der Waals surface area (Å²) in [5.74, 6) is 0.467. The summed E-state index contributed by atoms with van der Waals surface area (Å²) in [5, 5.41) is -0.236. The second kappa shape index (κ2) is 10.3. The monoisotopic (exact) mass is 429 g/mol. The van der Waals surface area contributed by atoms with Crippen LogP contribution in [0.3, 0.4) is 0 Å². The topological polar surface area (TPSA) is 55.8 Å². The summed E-state index contributed by atoms with van der Waals surface area (Å²) in [6, 6.07) is 11.5. The van der Waals surface area contributed by atoms with E-state index in [0.717, 1.165) is 30.2 Å². The van der Waals surface area contributed by atoms with Gasteiger partial charge in [-0.2, -0.15) is 0 Å². The Labute approximate surface area is 179 Å². The number of benzene rings is 2. The molecule has 7 heteroatoms. The van der Waals surface area contributed by atoms with E-state index in [4.69, 9.17) is 9.47 Å². The zero-order valence-electron chi connectivity index (χ0n) is 17.0. The van der Waals surface area contributed by atoms with E-state index in [1.54, 1.807) is 36.4 Å². The van der Waals surface area contributed by atoms with E-state index in [1.165, 1.54) is 17.0 Å². The average Bonchev–Trinajstić information content (AvgIpc) is 2.99. The number of hydrogen-bond acceptors (Lipinski definition) is 5. The number of imide groups is 1. The summed E-state index contributed by atoms with van der Waals surface area (Å²) in [4.78, 5) is 26.3. The number of rotatable bonds is 9. The molecule has 0 aromatic heterocycles. The van der Waals surface area contributed by atoms with Gasteiger partial charge in [0.25, 0.3) is 11.1 Å². The molecule has 3 rings (SSSR count). The lowest BCUT2D eigenvalue weighted by Crippen LogP contribution is -2.29. The maximum atomic E-state index is 13.4. The molecule has 1 aliphatic heterocycles. The summed E-state index contributed by atoms with van der Waals surface area (Å²) in [7, 11) is 0. The highest BCUT2D eigenvalue weighted by atomic mass is 32.2. The molecule has 0 aliphatic carbocycles. The van der Waals surface area contributed by atoms with Gasteiger partial charge in [-0.1, -0.05) is 31.5 Å². The van der Waals surface area contributed by atoms with Crippen LogP contribution >= 0.6 is 11.8 Å². The van der Waals surface area contributed by atoms with E-state index in [-0.39, 0.29) is 23.6 Å². The van der Waals surface area contributed by atoms with Crippen molar-refractivity contribution >= 4 is 29.0 Å². The standard InChI is InChI=1S/C23H24FNO4S/c1-3-5-11-25-22(26)21(30-23(25)27)14-16-9-10-19(20(13-16)28-4-2)29-15-17-7-6-8-18(24)12-17/h6-10,12-14H,3-5,11,15H2,1-2H3/b21-14-. The lowest BCUT2D eigenvalue weighted by molar-refractivity contribution is -0.122. The second-order valence-corrected chi connectivity index (χ2v) is 7.74. The van der Waals surface area contributed by atoms with Crippen molar-refractivity contribution in [3.05, 3.63) is 64.3 Å². The molecule has 1 saturated heterocycles. The third-order valence-corrected chi connectivity index (χ3v) is 5.36. The summed E-state index contributed by atoms with van der Waals surface area (Å²) in [6.07, 6.45) is 3.39. The van der Waals surface area contributed by atoms with Crippen molar-refractivity contribution in [2.45, 2.75) is 33.3 Å². The van der Waals surface area contributed by atoms with Crippen LogP contribution in [0.25, 0.3) is 6.08 Å². The molecule has 0 atom stereocenters. The molecule has 0 radical (unpaired) electrons. The van der Waals surface area contributed by atoms with Gasteiger partial charge >= 0.3 is 0 Å². The number of amides is 2. The Kier molecular flexibility index (Phi) is 7.52. The van der Waals surface area contributed by atoms with Gasteiger partial charge in [0, 0.05) is 6.54 Å². The first kappa shape index (κ1) is 21.9. The number of halogens is 1. The smallest absolute Gasteiger partial charge is 0.293 e. The van der Waals surface area contributed by atoms with E-state index in [9.17, 15) is 14.0 Å². The van der Waals surface area contributed by atoms with Crippen LogP contribution in [0.2, 0.25) is 0 Å². The van der Waals surface area contributed by atoms with Gasteiger partial charge in [-0.05, 0) is 66.6 Å². The zero-order chi connectivity index (χ0) is 21.5. The molecule has 2 aromatic carbocycles. The van der Waals surface area contributed by atoms with Crippen LogP contribution in [-0.4, -0.2) is 29.2 Å². The first-order valence-electron chi connectivity index (χ1n) is 9.91. The van der Waals surface area contributed by atoms with Gasteiger partial charge in [0.05, 0.1) is 11.5 Å². The summed E-state index contributed by atoms with van der Waals surface area (Å²) in [5.41, 5.74) is 1.44.